The van der Waals surface area contributed by atoms with E-state index < -0.39 is 0 Å². The molecule has 0 saturated carbocycles. The summed E-state index contributed by atoms with van der Waals surface area (Å²) in [5, 5.41) is 2.39. The quantitative estimate of drug-likeness (QED) is 0.280. The molecule has 0 bridgehead atoms. The van der Waals surface area contributed by atoms with E-state index in [0.717, 1.165) is 39.5 Å². The summed E-state index contributed by atoms with van der Waals surface area (Å²) in [6.07, 6.45) is 5.72. The van der Waals surface area contributed by atoms with Crippen molar-refractivity contribution < 1.29 is 0 Å². The zero-order valence-corrected chi connectivity index (χ0v) is 19.4. The molecule has 7 rings (SSSR count). The Kier molecular flexibility index (Phi) is 4.71. The van der Waals surface area contributed by atoms with Crippen LogP contribution in [0.15, 0.2) is 128 Å². The molecule has 170 valence electrons. The van der Waals surface area contributed by atoms with E-state index >= 15 is 0 Å². The molecule has 0 saturated heterocycles. The van der Waals surface area contributed by atoms with E-state index in [-0.39, 0.29) is 0 Å². The molecule has 4 aromatic carbocycles. The number of para-hydroxylation sites is 2. The van der Waals surface area contributed by atoms with Crippen LogP contribution in [0.4, 0.5) is 0 Å². The number of nitrogens with zero attached hydrogens (tertiary/aromatic N) is 5. The fraction of sp³-hybridized carbons (Fsp3) is 0. The first kappa shape index (κ1) is 20.4. The van der Waals surface area contributed by atoms with Gasteiger partial charge in [-0.2, -0.15) is 0 Å². The van der Waals surface area contributed by atoms with Crippen molar-refractivity contribution in [2.45, 2.75) is 0 Å². The van der Waals surface area contributed by atoms with Crippen LogP contribution in [0.5, 0.6) is 0 Å². The van der Waals surface area contributed by atoms with Gasteiger partial charge in [-0.05, 0) is 12.1 Å². The lowest BCUT2D eigenvalue weighted by atomic mass is 10.2. The molecule has 0 aliphatic heterocycles. The Morgan fingerprint density at radius 3 is 1.81 bits per heavy atom. The SMILES string of the molecule is c1ccc(-c2ncc(-n3c4ccccc4c4ccccc43)c(-n3ccnc3-c3ccccc3)n2)cc1. The maximum Gasteiger partial charge on any atom is 0.166 e. The van der Waals surface area contributed by atoms with E-state index in [0.29, 0.717) is 5.82 Å². The van der Waals surface area contributed by atoms with Crippen molar-refractivity contribution in [3.8, 4) is 34.3 Å². The second kappa shape index (κ2) is 8.32. The molecule has 5 heteroatoms. The molecule has 0 aliphatic rings. The molecule has 0 fully saturated rings. The molecule has 0 spiro atoms. The topological polar surface area (TPSA) is 48.5 Å². The summed E-state index contributed by atoms with van der Waals surface area (Å²) in [5.41, 5.74) is 5.10. The molecule has 7 aromatic rings. The van der Waals surface area contributed by atoms with Gasteiger partial charge in [0.1, 0.15) is 11.5 Å². The lowest BCUT2D eigenvalue weighted by Gasteiger charge is -2.16. The molecule has 3 aromatic heterocycles. The fourth-order valence-corrected chi connectivity index (χ4v) is 4.89. The van der Waals surface area contributed by atoms with Gasteiger partial charge in [-0.25, -0.2) is 15.0 Å². The second-order valence-electron chi connectivity index (χ2n) is 8.63. The first-order valence-electron chi connectivity index (χ1n) is 11.9. The number of hydrogen-bond acceptors (Lipinski definition) is 3. The smallest absolute Gasteiger partial charge is 0.166 e. The Balaban J connectivity index is 1.56. The first-order chi connectivity index (χ1) is 17.9. The highest BCUT2D eigenvalue weighted by Gasteiger charge is 2.20. The van der Waals surface area contributed by atoms with Crippen molar-refractivity contribution >= 4 is 21.8 Å². The predicted octanol–water partition coefficient (Wildman–Crippen LogP) is 7.09. The van der Waals surface area contributed by atoms with E-state index in [9.17, 15) is 0 Å². The minimum atomic E-state index is 0.669. The van der Waals surface area contributed by atoms with Crippen molar-refractivity contribution in [3.63, 3.8) is 0 Å². The summed E-state index contributed by atoms with van der Waals surface area (Å²) in [6, 6.07) is 37.2. The van der Waals surface area contributed by atoms with Crippen molar-refractivity contribution in [2.24, 2.45) is 0 Å². The number of imidazole rings is 1. The first-order valence-corrected chi connectivity index (χ1v) is 11.9. The highest BCUT2D eigenvalue weighted by molar-refractivity contribution is 6.09. The average Bonchev–Trinajstić information content (AvgIpc) is 3.57. The van der Waals surface area contributed by atoms with Crippen LogP contribution in [0.2, 0.25) is 0 Å². The number of hydrogen-bond donors (Lipinski definition) is 0. The van der Waals surface area contributed by atoms with E-state index in [1.165, 1.54) is 10.8 Å². The largest absolute Gasteiger partial charge is 0.304 e. The molecular formula is C31H21N5. The maximum absolute atomic E-state index is 5.13. The lowest BCUT2D eigenvalue weighted by molar-refractivity contribution is 0.950. The third kappa shape index (κ3) is 3.21. The molecule has 0 unspecified atom stereocenters. The maximum atomic E-state index is 5.13. The van der Waals surface area contributed by atoms with Gasteiger partial charge >= 0.3 is 0 Å². The van der Waals surface area contributed by atoms with E-state index in [1.54, 1.807) is 0 Å². The third-order valence-corrected chi connectivity index (χ3v) is 6.50. The summed E-state index contributed by atoms with van der Waals surface area (Å²) in [7, 11) is 0. The van der Waals surface area contributed by atoms with Gasteiger partial charge in [0.05, 0.1) is 17.2 Å². The summed E-state index contributed by atoms with van der Waals surface area (Å²) in [4.78, 5) is 14.7. The van der Waals surface area contributed by atoms with Crippen molar-refractivity contribution in [3.05, 3.63) is 128 Å². The Hall–Kier alpha value is -5.03. The summed E-state index contributed by atoms with van der Waals surface area (Å²) in [6.45, 7) is 0. The van der Waals surface area contributed by atoms with E-state index in [2.05, 4.69) is 69.8 Å². The number of benzene rings is 4. The van der Waals surface area contributed by atoms with Crippen molar-refractivity contribution in [1.29, 1.82) is 0 Å². The average molecular weight is 464 g/mol. The van der Waals surface area contributed by atoms with Crippen LogP contribution in [-0.2, 0) is 0 Å². The van der Waals surface area contributed by atoms with Crippen LogP contribution in [-0.4, -0.2) is 24.1 Å². The molecule has 0 amide bonds. The van der Waals surface area contributed by atoms with Crippen LogP contribution in [0, 0.1) is 0 Å². The monoisotopic (exact) mass is 463 g/mol. The molecule has 3 heterocycles. The van der Waals surface area contributed by atoms with Gasteiger partial charge < -0.3 is 4.57 Å². The molecule has 0 aliphatic carbocycles. The molecule has 0 radical (unpaired) electrons. The van der Waals surface area contributed by atoms with Gasteiger partial charge in [-0.15, -0.1) is 0 Å². The Morgan fingerprint density at radius 1 is 0.556 bits per heavy atom. The molecular weight excluding hydrogens is 442 g/mol. The normalized spacial score (nSPS) is 11.3. The van der Waals surface area contributed by atoms with Crippen LogP contribution in [0.25, 0.3) is 56.1 Å². The second-order valence-corrected chi connectivity index (χ2v) is 8.63. The summed E-state index contributed by atoms with van der Waals surface area (Å²) in [5.74, 6) is 2.27. The standard InChI is InChI=1S/C31H21N5/c1-3-11-22(12-4-1)29-33-21-28(31(34-29)35-20-19-32-30(35)23-13-5-2-6-14-23)36-26-17-9-7-15-24(26)25-16-8-10-18-27(25)36/h1-21H. The number of rotatable bonds is 4. The lowest BCUT2D eigenvalue weighted by Crippen LogP contribution is -2.08. The van der Waals surface area contributed by atoms with Crippen LogP contribution >= 0.6 is 0 Å². The van der Waals surface area contributed by atoms with Gasteiger partial charge in [-0.3, -0.25) is 4.57 Å². The van der Waals surface area contributed by atoms with Crippen LogP contribution in [0.3, 0.4) is 0 Å². The minimum Gasteiger partial charge on any atom is -0.304 e. The van der Waals surface area contributed by atoms with Gasteiger partial charge in [-0.1, -0.05) is 97.1 Å². The summed E-state index contributed by atoms with van der Waals surface area (Å²) < 4.78 is 4.31. The van der Waals surface area contributed by atoms with Gasteiger partial charge in [0.2, 0.25) is 0 Å². The Labute approximate surface area is 208 Å². The van der Waals surface area contributed by atoms with Crippen molar-refractivity contribution in [1.82, 2.24) is 24.1 Å². The minimum absolute atomic E-state index is 0.669. The molecule has 0 atom stereocenters. The number of fused-ring (bicyclic) bond motifs is 3. The van der Waals surface area contributed by atoms with E-state index in [4.69, 9.17) is 15.0 Å². The highest BCUT2D eigenvalue weighted by Crippen LogP contribution is 2.34. The van der Waals surface area contributed by atoms with Gasteiger partial charge in [0.25, 0.3) is 0 Å². The van der Waals surface area contributed by atoms with Crippen LogP contribution < -0.4 is 0 Å². The zero-order valence-electron chi connectivity index (χ0n) is 19.4. The predicted molar refractivity (Wildman–Crippen MR) is 144 cm³/mol. The Bertz CT molecular complexity index is 1780. The van der Waals surface area contributed by atoms with E-state index in [1.807, 2.05) is 67.1 Å². The third-order valence-electron chi connectivity index (χ3n) is 6.50. The van der Waals surface area contributed by atoms with Crippen LogP contribution in [0.1, 0.15) is 0 Å². The zero-order chi connectivity index (χ0) is 23.9. The van der Waals surface area contributed by atoms with Gasteiger partial charge in [0.15, 0.2) is 11.6 Å². The fourth-order valence-electron chi connectivity index (χ4n) is 4.89. The highest BCUT2D eigenvalue weighted by atomic mass is 15.2. The number of aromatic nitrogens is 5. The molecule has 36 heavy (non-hydrogen) atoms. The van der Waals surface area contributed by atoms with Crippen molar-refractivity contribution in [2.75, 3.05) is 0 Å². The molecule has 0 N–H and O–H groups in total. The summed E-state index contributed by atoms with van der Waals surface area (Å²) >= 11 is 0. The van der Waals surface area contributed by atoms with Gasteiger partial charge in [0, 0.05) is 34.3 Å². The Morgan fingerprint density at radius 2 is 1.14 bits per heavy atom. The molecule has 5 nitrogen and oxygen atoms in total.